The largest absolute Gasteiger partial charge is 0.469 e. The first-order valence-corrected chi connectivity index (χ1v) is 9.00. The summed E-state index contributed by atoms with van der Waals surface area (Å²) in [6, 6.07) is 6.36. The van der Waals surface area contributed by atoms with Gasteiger partial charge in [0, 0.05) is 12.0 Å². The Balaban J connectivity index is 2.14. The Kier molecular flexibility index (Phi) is 4.09. The zero-order chi connectivity index (χ0) is 17.7. The number of rotatable bonds is 2. The molecule has 0 amide bonds. The maximum absolute atomic E-state index is 12.9. The van der Waals surface area contributed by atoms with Gasteiger partial charge in [0.1, 0.15) is 0 Å². The molecule has 0 radical (unpaired) electrons. The van der Waals surface area contributed by atoms with E-state index in [1.54, 1.807) is 0 Å². The van der Waals surface area contributed by atoms with Gasteiger partial charge in [-0.15, -0.1) is 0 Å². The van der Waals surface area contributed by atoms with Crippen molar-refractivity contribution in [1.82, 2.24) is 0 Å². The van der Waals surface area contributed by atoms with Crippen LogP contribution in [0, 0.1) is 11.3 Å². The summed E-state index contributed by atoms with van der Waals surface area (Å²) in [6.07, 6.45) is 3.24. The van der Waals surface area contributed by atoms with Crippen molar-refractivity contribution >= 4 is 11.8 Å². The van der Waals surface area contributed by atoms with Gasteiger partial charge < -0.3 is 4.74 Å². The number of ether oxygens (including phenoxy) is 1. The lowest BCUT2D eigenvalue weighted by Gasteiger charge is -2.53. The predicted octanol–water partition coefficient (Wildman–Crippen LogP) is 4.63. The average molecular weight is 328 g/mol. The first kappa shape index (κ1) is 17.2. The Morgan fingerprint density at radius 2 is 1.96 bits per heavy atom. The minimum Gasteiger partial charge on any atom is -0.469 e. The summed E-state index contributed by atoms with van der Waals surface area (Å²) >= 11 is 0. The van der Waals surface area contributed by atoms with Gasteiger partial charge in [-0.1, -0.05) is 39.3 Å². The lowest BCUT2D eigenvalue weighted by molar-refractivity contribution is -0.160. The number of esters is 1. The first-order chi connectivity index (χ1) is 11.2. The molecule has 1 aromatic rings. The molecule has 1 aromatic carbocycles. The molecule has 24 heavy (non-hydrogen) atoms. The van der Waals surface area contributed by atoms with Crippen LogP contribution in [0.15, 0.2) is 18.2 Å². The highest BCUT2D eigenvalue weighted by molar-refractivity contribution is 6.00. The minimum absolute atomic E-state index is 0.0103. The van der Waals surface area contributed by atoms with Crippen molar-refractivity contribution < 1.29 is 14.3 Å². The number of carbonyl (C=O) groups excluding carboxylic acids is 2. The Hall–Kier alpha value is -1.64. The van der Waals surface area contributed by atoms with Gasteiger partial charge >= 0.3 is 5.97 Å². The lowest BCUT2D eigenvalue weighted by atomic mass is 9.49. The number of hydrogen-bond donors (Lipinski definition) is 0. The quantitative estimate of drug-likeness (QED) is 0.743. The van der Waals surface area contributed by atoms with E-state index < -0.39 is 5.41 Å². The summed E-state index contributed by atoms with van der Waals surface area (Å²) in [5.41, 5.74) is 2.49. The van der Waals surface area contributed by atoms with Gasteiger partial charge in [-0.3, -0.25) is 9.59 Å². The van der Waals surface area contributed by atoms with Crippen LogP contribution in [0.3, 0.4) is 0 Å². The second kappa shape index (κ2) is 5.72. The van der Waals surface area contributed by atoms with Crippen LogP contribution in [0.1, 0.15) is 80.8 Å². The van der Waals surface area contributed by atoms with Crippen molar-refractivity contribution in [1.29, 1.82) is 0 Å². The van der Waals surface area contributed by atoms with Crippen molar-refractivity contribution in [3.63, 3.8) is 0 Å². The van der Waals surface area contributed by atoms with Gasteiger partial charge in [-0.25, -0.2) is 0 Å². The van der Waals surface area contributed by atoms with Crippen molar-refractivity contribution in [2.24, 2.45) is 11.3 Å². The fraction of sp³-hybridized carbons (Fsp3) is 0.619. The summed E-state index contributed by atoms with van der Waals surface area (Å²) in [5, 5.41) is 0. The third-order valence-corrected chi connectivity index (χ3v) is 6.60. The Morgan fingerprint density at radius 3 is 2.58 bits per heavy atom. The van der Waals surface area contributed by atoms with E-state index in [0.29, 0.717) is 12.3 Å². The first-order valence-electron chi connectivity index (χ1n) is 9.00. The van der Waals surface area contributed by atoms with E-state index in [0.717, 1.165) is 30.4 Å². The summed E-state index contributed by atoms with van der Waals surface area (Å²) in [5.74, 6) is 0.414. The maximum Gasteiger partial charge on any atom is 0.311 e. The van der Waals surface area contributed by atoms with Gasteiger partial charge in [0.15, 0.2) is 5.78 Å². The molecule has 0 unspecified atom stereocenters. The van der Waals surface area contributed by atoms with E-state index >= 15 is 0 Å². The fourth-order valence-electron chi connectivity index (χ4n) is 5.07. The second-order valence-electron chi connectivity index (χ2n) is 8.32. The summed E-state index contributed by atoms with van der Waals surface area (Å²) in [7, 11) is 1.45. The topological polar surface area (TPSA) is 43.4 Å². The van der Waals surface area contributed by atoms with E-state index in [2.05, 4.69) is 39.0 Å². The summed E-state index contributed by atoms with van der Waals surface area (Å²) in [6.45, 7) is 8.52. The number of hydrogen-bond acceptors (Lipinski definition) is 3. The molecule has 0 N–H and O–H groups in total. The van der Waals surface area contributed by atoms with E-state index in [-0.39, 0.29) is 23.1 Å². The normalized spacial score (nSPS) is 32.2. The van der Waals surface area contributed by atoms with Crippen LogP contribution in [0.25, 0.3) is 0 Å². The molecule has 0 heterocycles. The smallest absolute Gasteiger partial charge is 0.311 e. The summed E-state index contributed by atoms with van der Waals surface area (Å²) < 4.78 is 5.11. The molecular formula is C21H28O3. The molecular weight excluding hydrogens is 300 g/mol. The second-order valence-corrected chi connectivity index (χ2v) is 8.32. The third kappa shape index (κ3) is 2.32. The van der Waals surface area contributed by atoms with Crippen molar-refractivity contribution in [3.05, 3.63) is 34.9 Å². The van der Waals surface area contributed by atoms with E-state index in [1.807, 2.05) is 6.92 Å². The van der Waals surface area contributed by atoms with Gasteiger partial charge in [0.2, 0.25) is 0 Å². The number of benzene rings is 1. The Bertz CT molecular complexity index is 690. The summed E-state index contributed by atoms with van der Waals surface area (Å²) in [4.78, 5) is 25.4. The highest BCUT2D eigenvalue weighted by Crippen LogP contribution is 2.57. The molecule has 3 atom stereocenters. The molecule has 0 spiro atoms. The van der Waals surface area contributed by atoms with Gasteiger partial charge in [0.25, 0.3) is 0 Å². The molecule has 3 heteroatoms. The number of fused-ring (bicyclic) bond motifs is 3. The zero-order valence-corrected chi connectivity index (χ0v) is 15.4. The molecule has 1 saturated carbocycles. The van der Waals surface area contributed by atoms with Crippen LogP contribution in [0.2, 0.25) is 0 Å². The van der Waals surface area contributed by atoms with Gasteiger partial charge in [0.05, 0.1) is 12.5 Å². The molecule has 3 rings (SSSR count). The molecule has 2 aliphatic rings. The molecule has 2 aliphatic carbocycles. The Labute approximate surface area is 144 Å². The van der Waals surface area contributed by atoms with Crippen LogP contribution >= 0.6 is 0 Å². The van der Waals surface area contributed by atoms with Crippen LogP contribution in [0.4, 0.5) is 0 Å². The van der Waals surface area contributed by atoms with Crippen molar-refractivity contribution in [2.75, 3.05) is 7.11 Å². The standard InChI is InChI=1S/C21H28O3/c1-13(2)14-7-8-16-15(11-14)17(22)12-18-20(16,3)9-6-10-21(18,4)19(23)24-5/h7-8,11,13,18H,6,9-10,12H2,1-5H3/t18-,20-,21+/m0/s1. The molecule has 130 valence electrons. The van der Waals surface area contributed by atoms with Crippen molar-refractivity contribution in [3.8, 4) is 0 Å². The molecule has 1 fully saturated rings. The monoisotopic (exact) mass is 328 g/mol. The number of Topliss-reactive ketones (excluding diaryl/α,β-unsaturated/α-hetero) is 1. The van der Waals surface area contributed by atoms with Crippen LogP contribution < -0.4 is 0 Å². The average Bonchev–Trinajstić information content (AvgIpc) is 2.56. The fourth-order valence-corrected chi connectivity index (χ4v) is 5.07. The number of methoxy groups -OCH3 is 1. The highest BCUT2D eigenvalue weighted by Gasteiger charge is 2.57. The molecule has 3 nitrogen and oxygen atoms in total. The van der Waals surface area contributed by atoms with Gasteiger partial charge in [-0.05, 0) is 54.2 Å². The van der Waals surface area contributed by atoms with Crippen LogP contribution in [-0.4, -0.2) is 18.9 Å². The number of ketones is 1. The minimum atomic E-state index is -0.578. The van der Waals surface area contributed by atoms with Crippen LogP contribution in [-0.2, 0) is 14.9 Å². The predicted molar refractivity (Wildman–Crippen MR) is 94.3 cm³/mol. The van der Waals surface area contributed by atoms with E-state index in [4.69, 9.17) is 4.74 Å². The Morgan fingerprint density at radius 1 is 1.25 bits per heavy atom. The van der Waals surface area contributed by atoms with Crippen LogP contribution in [0.5, 0.6) is 0 Å². The highest BCUT2D eigenvalue weighted by atomic mass is 16.5. The molecule has 0 aliphatic heterocycles. The van der Waals surface area contributed by atoms with E-state index in [1.165, 1.54) is 12.7 Å². The third-order valence-electron chi connectivity index (χ3n) is 6.60. The van der Waals surface area contributed by atoms with Gasteiger partial charge in [-0.2, -0.15) is 0 Å². The maximum atomic E-state index is 12.9. The van der Waals surface area contributed by atoms with Crippen molar-refractivity contribution in [2.45, 2.75) is 64.7 Å². The van der Waals surface area contributed by atoms with E-state index in [9.17, 15) is 9.59 Å². The molecule has 0 saturated heterocycles. The zero-order valence-electron chi connectivity index (χ0n) is 15.4. The molecule has 0 aromatic heterocycles. The number of carbonyl (C=O) groups is 2. The lowest BCUT2D eigenvalue weighted by Crippen LogP contribution is -2.53. The molecule has 0 bridgehead atoms. The SMILES string of the molecule is COC(=O)[C@]1(C)CCC[C@@]2(C)c3ccc(C(C)C)cc3C(=O)C[C@H]12.